The zero-order valence-electron chi connectivity index (χ0n) is 16.8. The quantitative estimate of drug-likeness (QED) is 0.0975. The summed E-state index contributed by atoms with van der Waals surface area (Å²) in [5, 5.41) is 14.5. The van der Waals surface area contributed by atoms with Crippen LogP contribution in [0.2, 0.25) is 0 Å². The number of nitrogens with two attached hydrogens (primary N) is 3. The number of aromatic amines is 1. The van der Waals surface area contributed by atoms with Crippen LogP contribution >= 0.6 is 11.8 Å². The number of hydrogen-bond donors (Lipinski definition) is 7. The maximum atomic E-state index is 12.7. The molecule has 30 heavy (non-hydrogen) atoms. The number of amides is 2. The van der Waals surface area contributed by atoms with E-state index in [1.807, 2.05) is 6.26 Å². The number of rotatable bonds is 14. The third kappa shape index (κ3) is 9.60. The maximum absolute atomic E-state index is 12.7. The molecule has 1 rings (SSSR count). The molecule has 0 aliphatic heterocycles. The minimum absolute atomic E-state index is 0.0363. The van der Waals surface area contributed by atoms with Crippen LogP contribution in [0, 0.1) is 0 Å². The lowest BCUT2D eigenvalue weighted by atomic mass is 10.1. The van der Waals surface area contributed by atoms with Gasteiger partial charge >= 0.3 is 5.97 Å². The second kappa shape index (κ2) is 13.4. The van der Waals surface area contributed by atoms with Crippen molar-refractivity contribution in [1.29, 1.82) is 0 Å². The summed E-state index contributed by atoms with van der Waals surface area (Å²) in [7, 11) is 0. The van der Waals surface area contributed by atoms with Gasteiger partial charge in [0.05, 0.1) is 12.4 Å². The zero-order chi connectivity index (χ0) is 22.5. The Kier molecular flexibility index (Phi) is 11.3. The first-order valence-electron chi connectivity index (χ1n) is 9.35. The molecular weight excluding hydrogens is 412 g/mol. The van der Waals surface area contributed by atoms with Crippen LogP contribution in [-0.2, 0) is 20.8 Å². The Labute approximate surface area is 178 Å². The zero-order valence-corrected chi connectivity index (χ0v) is 17.7. The number of nitrogens with one attached hydrogen (secondary N) is 3. The van der Waals surface area contributed by atoms with Crippen molar-refractivity contribution in [1.82, 2.24) is 20.6 Å². The van der Waals surface area contributed by atoms with Crippen LogP contribution in [0.25, 0.3) is 0 Å². The molecule has 0 fully saturated rings. The molecule has 10 N–H and O–H groups in total. The number of guanidine groups is 1. The number of nitrogens with zero attached hydrogens (tertiary/aromatic N) is 2. The Morgan fingerprint density at radius 2 is 1.93 bits per heavy atom. The third-order valence-corrected chi connectivity index (χ3v) is 4.79. The second-order valence-corrected chi connectivity index (χ2v) is 7.56. The fourth-order valence-corrected chi connectivity index (χ4v) is 2.99. The Hall–Kier alpha value is -2.80. The first-order chi connectivity index (χ1) is 14.2. The molecule has 2 amide bonds. The highest BCUT2D eigenvalue weighted by Crippen LogP contribution is 2.05. The number of thioether (sulfide) groups is 1. The fraction of sp³-hybridized carbons (Fsp3) is 0.588. The summed E-state index contributed by atoms with van der Waals surface area (Å²) in [6, 6.07) is -2.92. The van der Waals surface area contributed by atoms with E-state index in [2.05, 4.69) is 25.6 Å². The van der Waals surface area contributed by atoms with Crippen LogP contribution in [0.1, 0.15) is 25.0 Å². The van der Waals surface area contributed by atoms with E-state index in [-0.39, 0.29) is 12.4 Å². The van der Waals surface area contributed by atoms with Gasteiger partial charge < -0.3 is 37.9 Å². The summed E-state index contributed by atoms with van der Waals surface area (Å²) in [4.78, 5) is 47.0. The summed E-state index contributed by atoms with van der Waals surface area (Å²) in [6.45, 7) is 0.341. The van der Waals surface area contributed by atoms with E-state index in [4.69, 9.17) is 17.2 Å². The van der Waals surface area contributed by atoms with Crippen molar-refractivity contribution in [2.24, 2.45) is 22.2 Å². The highest BCUT2D eigenvalue weighted by molar-refractivity contribution is 7.98. The monoisotopic (exact) mass is 442 g/mol. The Bertz CT molecular complexity index is 709. The van der Waals surface area contributed by atoms with E-state index in [0.29, 0.717) is 37.3 Å². The van der Waals surface area contributed by atoms with E-state index in [1.165, 1.54) is 24.3 Å². The van der Waals surface area contributed by atoms with Gasteiger partial charge in [-0.25, -0.2) is 9.78 Å². The molecule has 1 aromatic heterocycles. The molecule has 3 atom stereocenters. The number of carboxylic acids is 1. The molecule has 0 unspecified atom stereocenters. The van der Waals surface area contributed by atoms with E-state index < -0.39 is 35.9 Å². The highest BCUT2D eigenvalue weighted by Gasteiger charge is 2.28. The Morgan fingerprint density at radius 3 is 2.50 bits per heavy atom. The van der Waals surface area contributed by atoms with Crippen molar-refractivity contribution >= 4 is 35.5 Å². The SMILES string of the molecule is CSCC[C@H](NC(=O)[C@@H](N)CCCN=C(N)N)C(=O)N[C@@H](Cc1cnc[nH]1)C(=O)O. The number of hydrogen-bond acceptors (Lipinski definition) is 7. The standard InChI is InChI=1S/C17H30N8O4S/c1-30-6-4-12(24-14(26)11(18)3-2-5-22-17(19)20)15(27)25-13(16(28)29)7-10-8-21-9-23-10/h8-9,11-13H,2-7,18H2,1H3,(H,21,23)(H,24,26)(H,25,27)(H,28,29)(H4,19,20,22)/t11-,12-,13-/m0/s1. The van der Waals surface area contributed by atoms with Crippen molar-refractivity contribution < 1.29 is 19.5 Å². The van der Waals surface area contributed by atoms with Gasteiger partial charge in [0, 0.05) is 24.9 Å². The summed E-state index contributed by atoms with van der Waals surface area (Å²) >= 11 is 1.50. The van der Waals surface area contributed by atoms with Crippen LogP contribution in [-0.4, -0.2) is 75.5 Å². The Balaban J connectivity index is 2.68. The number of aromatic nitrogens is 2. The van der Waals surface area contributed by atoms with Crippen molar-refractivity contribution in [3.63, 3.8) is 0 Å². The van der Waals surface area contributed by atoms with E-state index in [1.54, 1.807) is 0 Å². The van der Waals surface area contributed by atoms with Gasteiger partial charge in [-0.3, -0.25) is 14.6 Å². The van der Waals surface area contributed by atoms with Crippen LogP contribution < -0.4 is 27.8 Å². The van der Waals surface area contributed by atoms with Crippen molar-refractivity contribution in [3.8, 4) is 0 Å². The van der Waals surface area contributed by atoms with Crippen molar-refractivity contribution in [2.75, 3.05) is 18.6 Å². The number of imidazole rings is 1. The topological polar surface area (TPSA) is 215 Å². The summed E-state index contributed by atoms with van der Waals surface area (Å²) in [6.07, 6.45) is 5.97. The average Bonchev–Trinajstić information content (AvgIpc) is 3.20. The number of H-pyrrole nitrogens is 1. The number of carbonyl (C=O) groups is 3. The molecule has 0 bridgehead atoms. The van der Waals surface area contributed by atoms with Crippen LogP contribution in [0.3, 0.4) is 0 Å². The van der Waals surface area contributed by atoms with Gasteiger partial charge in [0.25, 0.3) is 0 Å². The largest absolute Gasteiger partial charge is 0.480 e. The lowest BCUT2D eigenvalue weighted by molar-refractivity contribution is -0.142. The summed E-state index contributed by atoms with van der Waals surface area (Å²) in [5.74, 6) is -1.72. The number of carbonyl (C=O) groups excluding carboxylic acids is 2. The molecule has 0 radical (unpaired) electrons. The lowest BCUT2D eigenvalue weighted by Gasteiger charge is -2.22. The molecule has 0 aliphatic carbocycles. The molecule has 0 aromatic carbocycles. The molecule has 0 aliphatic rings. The number of carboxylic acid groups (broad SMARTS) is 1. The number of aliphatic imine (C=N–C) groups is 1. The Morgan fingerprint density at radius 1 is 1.23 bits per heavy atom. The average molecular weight is 443 g/mol. The predicted octanol–water partition coefficient (Wildman–Crippen LogP) is -1.86. The van der Waals surface area contributed by atoms with Gasteiger partial charge in [0.2, 0.25) is 11.8 Å². The van der Waals surface area contributed by atoms with Gasteiger partial charge in [0.1, 0.15) is 12.1 Å². The van der Waals surface area contributed by atoms with Gasteiger partial charge in [0.15, 0.2) is 5.96 Å². The van der Waals surface area contributed by atoms with Crippen molar-refractivity contribution in [3.05, 3.63) is 18.2 Å². The predicted molar refractivity (Wildman–Crippen MR) is 115 cm³/mol. The molecule has 0 spiro atoms. The smallest absolute Gasteiger partial charge is 0.326 e. The third-order valence-electron chi connectivity index (χ3n) is 4.14. The van der Waals surface area contributed by atoms with E-state index in [0.717, 1.165) is 0 Å². The van der Waals surface area contributed by atoms with E-state index >= 15 is 0 Å². The molecule has 0 saturated heterocycles. The van der Waals surface area contributed by atoms with Crippen molar-refractivity contribution in [2.45, 2.75) is 43.8 Å². The molecule has 1 aromatic rings. The molecule has 168 valence electrons. The minimum atomic E-state index is -1.19. The van der Waals surface area contributed by atoms with E-state index in [9.17, 15) is 19.5 Å². The van der Waals surface area contributed by atoms with Crippen LogP contribution in [0.5, 0.6) is 0 Å². The highest BCUT2D eigenvalue weighted by atomic mass is 32.2. The molecule has 0 saturated carbocycles. The van der Waals surface area contributed by atoms with Gasteiger partial charge in [-0.2, -0.15) is 11.8 Å². The molecular formula is C17H30N8O4S. The molecule has 13 heteroatoms. The maximum Gasteiger partial charge on any atom is 0.326 e. The normalized spacial score (nSPS) is 13.7. The fourth-order valence-electron chi connectivity index (χ4n) is 2.52. The summed E-state index contributed by atoms with van der Waals surface area (Å²) in [5.41, 5.74) is 16.9. The minimum Gasteiger partial charge on any atom is -0.480 e. The first-order valence-corrected chi connectivity index (χ1v) is 10.7. The summed E-state index contributed by atoms with van der Waals surface area (Å²) < 4.78 is 0. The second-order valence-electron chi connectivity index (χ2n) is 6.58. The number of aliphatic carboxylic acids is 1. The lowest BCUT2D eigenvalue weighted by Crippen LogP contribution is -2.55. The van der Waals surface area contributed by atoms with Crippen LogP contribution in [0.4, 0.5) is 0 Å². The molecule has 1 heterocycles. The van der Waals surface area contributed by atoms with Gasteiger partial charge in [-0.05, 0) is 31.3 Å². The van der Waals surface area contributed by atoms with Gasteiger partial charge in [-0.1, -0.05) is 0 Å². The molecule has 12 nitrogen and oxygen atoms in total. The van der Waals surface area contributed by atoms with Crippen LogP contribution in [0.15, 0.2) is 17.5 Å². The van der Waals surface area contributed by atoms with Gasteiger partial charge in [-0.15, -0.1) is 0 Å². The first kappa shape index (κ1) is 25.2.